The van der Waals surface area contributed by atoms with Gasteiger partial charge in [0.15, 0.2) is 23.1 Å². The maximum atomic E-state index is 15.7. The second kappa shape index (κ2) is 20.5. The lowest BCUT2D eigenvalue weighted by Crippen LogP contribution is -2.47. The molecule has 0 N–H and O–H groups in total. The van der Waals surface area contributed by atoms with E-state index in [1.807, 2.05) is 0 Å². The molecule has 0 saturated carbocycles. The first-order chi connectivity index (χ1) is 40.0. The molecule has 7 aromatic carbocycles. The zero-order chi connectivity index (χ0) is 56.3. The molecule has 0 fully saturated rings. The van der Waals surface area contributed by atoms with E-state index in [1.165, 1.54) is 24.3 Å². The number of carbonyl (C=O) groups excluding carboxylic acids is 8. The van der Waals surface area contributed by atoms with Crippen molar-refractivity contribution in [2.45, 2.75) is 37.3 Å². The summed E-state index contributed by atoms with van der Waals surface area (Å²) in [5.41, 5.74) is -2.38. The molecule has 16 heteroatoms. The Labute approximate surface area is 475 Å². The van der Waals surface area contributed by atoms with Crippen molar-refractivity contribution in [1.82, 2.24) is 9.97 Å². The van der Waals surface area contributed by atoms with E-state index in [9.17, 15) is 19.2 Å². The topological polar surface area (TPSA) is 199 Å². The van der Waals surface area contributed by atoms with Gasteiger partial charge in [-0.2, -0.15) is 0 Å². The number of rotatable bonds is 14. The molecule has 9 aromatic rings. The quantitative estimate of drug-likeness (QED) is 0.0327. The molecule has 13 rings (SSSR count). The smallest absolute Gasteiger partial charge is 0.334 e. The van der Waals surface area contributed by atoms with Crippen LogP contribution in [0, 0.1) is 0 Å². The summed E-state index contributed by atoms with van der Waals surface area (Å²) in [6.07, 6.45) is 2.64. The number of aromatic nitrogens is 2. The Morgan fingerprint density at radius 2 is 0.622 bits per heavy atom. The fraction of sp³-hybridized carbons (Fsp3) is 0.0909. The highest BCUT2D eigenvalue weighted by atomic mass is 32.1. The maximum Gasteiger partial charge on any atom is 0.334 e. The number of Topliss-reactive ketones (excluding diaryl/α,β-unsaturated/α-hetero) is 4. The molecule has 2 aromatic heterocycles. The monoisotopic (exact) mass is 1120 g/mol. The van der Waals surface area contributed by atoms with Crippen molar-refractivity contribution in [2.24, 2.45) is 0 Å². The summed E-state index contributed by atoms with van der Waals surface area (Å²) in [7, 11) is 0. The highest BCUT2D eigenvalue weighted by Gasteiger charge is 2.65. The van der Waals surface area contributed by atoms with Crippen LogP contribution in [-0.4, -0.2) is 57.0 Å². The summed E-state index contributed by atoms with van der Waals surface area (Å²) < 4.78 is 24.7. The van der Waals surface area contributed by atoms with Crippen molar-refractivity contribution >= 4 is 81.8 Å². The van der Waals surface area contributed by atoms with E-state index in [0.29, 0.717) is 22.3 Å². The van der Waals surface area contributed by atoms with Crippen molar-refractivity contribution < 1.29 is 57.3 Å². The molecule has 0 unspecified atom stereocenters. The van der Waals surface area contributed by atoms with Gasteiger partial charge in [-0.25, -0.2) is 9.97 Å². The van der Waals surface area contributed by atoms with Gasteiger partial charge >= 0.3 is 23.9 Å². The van der Waals surface area contributed by atoms with Gasteiger partial charge in [-0.05, 0) is 68.8 Å². The van der Waals surface area contributed by atoms with Crippen LogP contribution >= 0.6 is 22.7 Å². The molecule has 398 valence electrons. The zero-order valence-corrected chi connectivity index (χ0v) is 44.5. The second-order valence-electron chi connectivity index (χ2n) is 19.7. The Morgan fingerprint density at radius 3 is 0.890 bits per heavy atom. The molecule has 4 aliphatic carbocycles. The molecular formula is C66H40N2O12S2. The predicted octanol–water partition coefficient (Wildman–Crippen LogP) is 11.0. The number of thiazole rings is 2. The summed E-state index contributed by atoms with van der Waals surface area (Å²) in [4.78, 5) is 129. The van der Waals surface area contributed by atoms with E-state index >= 15 is 19.2 Å². The Bertz CT molecular complexity index is 3820. The molecule has 0 bridgehead atoms. The van der Waals surface area contributed by atoms with Gasteiger partial charge in [0.1, 0.15) is 36.4 Å². The van der Waals surface area contributed by atoms with Gasteiger partial charge in [0.2, 0.25) is 10.8 Å². The lowest BCUT2D eigenvalue weighted by Gasteiger charge is -2.28. The number of nitrogens with zero attached hydrogens (tertiary/aromatic N) is 2. The van der Waals surface area contributed by atoms with Crippen LogP contribution in [0.5, 0.6) is 0 Å². The van der Waals surface area contributed by atoms with E-state index in [1.54, 1.807) is 170 Å². The van der Waals surface area contributed by atoms with E-state index in [-0.39, 0.29) is 113 Å². The third kappa shape index (κ3) is 8.29. The van der Waals surface area contributed by atoms with Crippen molar-refractivity contribution in [3.05, 3.63) is 270 Å². The summed E-state index contributed by atoms with van der Waals surface area (Å²) in [6.45, 7) is -1.19. The average Bonchev–Trinajstić information content (AvgIpc) is 1.96. The summed E-state index contributed by atoms with van der Waals surface area (Å²) in [5, 5.41) is 0.119. The second-order valence-corrected chi connectivity index (χ2v) is 21.7. The van der Waals surface area contributed by atoms with Crippen molar-refractivity contribution in [2.75, 3.05) is 0 Å². The number of fused-ring (bicyclic) bond motifs is 8. The van der Waals surface area contributed by atoms with Gasteiger partial charge in [0.05, 0.1) is 32.3 Å². The van der Waals surface area contributed by atoms with Crippen LogP contribution in [0.15, 0.2) is 193 Å². The Kier molecular flexibility index (Phi) is 12.8. The number of esters is 4. The number of hydrogen-bond donors (Lipinski definition) is 0. The fourth-order valence-corrected chi connectivity index (χ4v) is 13.1. The van der Waals surface area contributed by atoms with Crippen LogP contribution in [0.1, 0.15) is 96.2 Å². The third-order valence-electron chi connectivity index (χ3n) is 14.9. The standard InChI is InChI=1S/C66H40N2O12S2/c69-53-41-25-13-14-26-42(41)54(70)47(53)31-51-67-59-57(81-51)45-30-50-46(29-49(45)65(59,61(73)77-33-37-17-5-1-6-18-37)62(74)78-34-38-19-7-2-8-20-38)58-60(68-52(82-58)32-48-55(71)43-27-15-16-28-44(43)56(48)72)66(50,63(75)79-35-39-21-9-3-10-22-39)64(76)80-36-40-23-11-4-12-24-40/h1-32H,33-36H2. The molecule has 0 atom stereocenters. The minimum absolute atomic E-state index is 0.00212. The van der Waals surface area contributed by atoms with Crippen LogP contribution in [0.3, 0.4) is 0 Å². The predicted molar refractivity (Wildman–Crippen MR) is 301 cm³/mol. The van der Waals surface area contributed by atoms with E-state index in [0.717, 1.165) is 22.7 Å². The fourth-order valence-electron chi connectivity index (χ4n) is 10.9. The van der Waals surface area contributed by atoms with Gasteiger partial charge < -0.3 is 18.9 Å². The molecule has 0 saturated heterocycles. The minimum atomic E-state index is -2.56. The number of allylic oxidation sites excluding steroid dienone is 2. The number of hydrogen-bond acceptors (Lipinski definition) is 16. The number of carbonyl (C=O) groups is 8. The summed E-state index contributed by atoms with van der Waals surface area (Å²) in [5.74, 6) is -6.56. The Morgan fingerprint density at radius 1 is 0.366 bits per heavy atom. The van der Waals surface area contributed by atoms with E-state index in [2.05, 4.69) is 0 Å². The van der Waals surface area contributed by atoms with Crippen LogP contribution < -0.4 is 0 Å². The molecule has 82 heavy (non-hydrogen) atoms. The maximum absolute atomic E-state index is 15.7. The Balaban J connectivity index is 1.05. The highest BCUT2D eigenvalue weighted by Crippen LogP contribution is 2.60. The van der Waals surface area contributed by atoms with Crippen molar-refractivity contribution in [1.29, 1.82) is 0 Å². The van der Waals surface area contributed by atoms with Gasteiger partial charge in [0, 0.05) is 22.3 Å². The Hall–Kier alpha value is -10.2. The minimum Gasteiger partial charge on any atom is -0.459 e. The van der Waals surface area contributed by atoms with Gasteiger partial charge in [-0.3, -0.25) is 38.4 Å². The molecule has 0 radical (unpaired) electrons. The average molecular weight is 1120 g/mol. The van der Waals surface area contributed by atoms with Crippen LogP contribution in [0.4, 0.5) is 0 Å². The van der Waals surface area contributed by atoms with Crippen molar-refractivity contribution in [3.8, 4) is 20.9 Å². The first-order valence-corrected chi connectivity index (χ1v) is 27.5. The molecule has 0 spiro atoms. The van der Waals surface area contributed by atoms with Gasteiger partial charge in [-0.1, -0.05) is 170 Å². The SMILES string of the molecule is O=C1C(=Cc2nc3c(s2)-c2cc4c(cc2C3(C(=O)OCc2ccccc2)C(=O)OCc2ccccc2)-c2sc(C=C3C(=O)c5ccccc5C3=O)nc2C4(C(=O)OCc2ccccc2)C(=O)OCc2ccccc2)C(=O)c2ccccc21. The lowest BCUT2D eigenvalue weighted by molar-refractivity contribution is -0.166. The highest BCUT2D eigenvalue weighted by molar-refractivity contribution is 7.17. The summed E-state index contributed by atoms with van der Waals surface area (Å²) in [6, 6.07) is 51.0. The first-order valence-electron chi connectivity index (χ1n) is 25.8. The molecule has 0 aliphatic heterocycles. The molecule has 4 aliphatic rings. The van der Waals surface area contributed by atoms with Gasteiger partial charge in [0.25, 0.3) is 0 Å². The number of ketones is 4. The number of benzene rings is 7. The molecule has 2 heterocycles. The largest absolute Gasteiger partial charge is 0.459 e. The first kappa shape index (κ1) is 51.3. The number of ether oxygens (including phenoxy) is 4. The van der Waals surface area contributed by atoms with Crippen LogP contribution in [0.25, 0.3) is 33.0 Å². The third-order valence-corrected chi connectivity index (χ3v) is 16.9. The molecule has 14 nitrogen and oxygen atoms in total. The molecule has 0 amide bonds. The molecular weight excluding hydrogens is 1080 g/mol. The van der Waals surface area contributed by atoms with E-state index < -0.39 is 57.8 Å². The van der Waals surface area contributed by atoms with Crippen LogP contribution in [0.2, 0.25) is 0 Å². The van der Waals surface area contributed by atoms with Crippen molar-refractivity contribution in [3.63, 3.8) is 0 Å². The normalized spacial score (nSPS) is 14.5. The van der Waals surface area contributed by atoms with Gasteiger partial charge in [-0.15, -0.1) is 22.7 Å². The summed E-state index contributed by atoms with van der Waals surface area (Å²) >= 11 is 1.91. The lowest BCUT2D eigenvalue weighted by atomic mass is 9.76. The van der Waals surface area contributed by atoms with Crippen LogP contribution in [-0.2, 0) is 75.4 Å². The zero-order valence-electron chi connectivity index (χ0n) is 42.9. The van der Waals surface area contributed by atoms with E-state index in [4.69, 9.17) is 28.9 Å².